The molecule has 1 heterocycles. The van der Waals surface area contributed by atoms with Crippen LogP contribution in [0.4, 0.5) is 17.1 Å². The Labute approximate surface area is 199 Å². The van der Waals surface area contributed by atoms with Gasteiger partial charge in [-0.05, 0) is 48.0 Å². The van der Waals surface area contributed by atoms with Gasteiger partial charge in [-0.3, -0.25) is 24.5 Å². The number of nitro groups is 1. The molecule has 0 radical (unpaired) electrons. The van der Waals surface area contributed by atoms with Gasteiger partial charge in [-0.25, -0.2) is 4.90 Å². The Balaban J connectivity index is 1.36. The monoisotopic (exact) mass is 473 g/mol. The first-order valence-corrected chi connectivity index (χ1v) is 11.2. The molecular formula is C25H19N3O5S. The van der Waals surface area contributed by atoms with Crippen molar-refractivity contribution in [1.29, 1.82) is 0 Å². The van der Waals surface area contributed by atoms with E-state index < -0.39 is 10.2 Å². The van der Waals surface area contributed by atoms with E-state index in [9.17, 15) is 24.5 Å². The lowest BCUT2D eigenvalue weighted by atomic mass is 10.2. The van der Waals surface area contributed by atoms with Crippen LogP contribution in [-0.4, -0.2) is 27.9 Å². The number of carbonyl (C=O) groups is 3. The highest BCUT2D eigenvalue weighted by Crippen LogP contribution is 2.34. The summed E-state index contributed by atoms with van der Waals surface area (Å²) in [7, 11) is 0. The number of non-ortho nitro benzene ring substituents is 1. The van der Waals surface area contributed by atoms with Crippen LogP contribution in [0.15, 0.2) is 89.8 Å². The van der Waals surface area contributed by atoms with Crippen molar-refractivity contribution >= 4 is 52.6 Å². The normalized spacial score (nSPS) is 15.6. The van der Waals surface area contributed by atoms with Crippen LogP contribution >= 0.6 is 11.8 Å². The Hall–Kier alpha value is -4.24. The molecule has 34 heavy (non-hydrogen) atoms. The van der Waals surface area contributed by atoms with E-state index in [1.165, 1.54) is 42.1 Å². The first-order valence-electron chi connectivity index (χ1n) is 10.3. The summed E-state index contributed by atoms with van der Waals surface area (Å²) >= 11 is 1.26. The Morgan fingerprint density at radius 3 is 2.32 bits per heavy atom. The molecule has 8 nitrogen and oxygen atoms in total. The van der Waals surface area contributed by atoms with E-state index in [0.717, 1.165) is 15.4 Å². The number of carbonyl (C=O) groups excluding carboxylic acids is 3. The highest BCUT2D eigenvalue weighted by Gasteiger charge is 2.40. The van der Waals surface area contributed by atoms with E-state index in [0.29, 0.717) is 11.4 Å². The van der Waals surface area contributed by atoms with Gasteiger partial charge in [-0.1, -0.05) is 30.3 Å². The topological polar surface area (TPSA) is 110 Å². The van der Waals surface area contributed by atoms with Crippen LogP contribution in [0.3, 0.4) is 0 Å². The van der Waals surface area contributed by atoms with Gasteiger partial charge in [0.05, 0.1) is 15.9 Å². The Morgan fingerprint density at radius 2 is 1.68 bits per heavy atom. The summed E-state index contributed by atoms with van der Waals surface area (Å²) in [4.78, 5) is 49.5. The van der Waals surface area contributed by atoms with E-state index in [-0.39, 0.29) is 29.8 Å². The number of imide groups is 1. The van der Waals surface area contributed by atoms with E-state index in [4.69, 9.17) is 0 Å². The van der Waals surface area contributed by atoms with Gasteiger partial charge in [0.15, 0.2) is 0 Å². The molecule has 1 aliphatic rings. The maximum absolute atomic E-state index is 12.8. The molecule has 1 unspecified atom stereocenters. The molecule has 1 saturated heterocycles. The molecule has 3 aromatic carbocycles. The van der Waals surface area contributed by atoms with Crippen LogP contribution in [0.1, 0.15) is 12.0 Å². The molecule has 3 amide bonds. The van der Waals surface area contributed by atoms with Crippen LogP contribution in [-0.2, 0) is 14.4 Å². The van der Waals surface area contributed by atoms with Gasteiger partial charge in [0, 0.05) is 35.2 Å². The zero-order valence-corrected chi connectivity index (χ0v) is 18.6. The lowest BCUT2D eigenvalue weighted by Gasteiger charge is -2.14. The Bertz CT molecular complexity index is 1260. The van der Waals surface area contributed by atoms with Gasteiger partial charge in [-0.15, -0.1) is 11.8 Å². The number of nitro benzene ring substituents is 1. The number of rotatable bonds is 7. The molecular weight excluding hydrogens is 454 g/mol. The highest BCUT2D eigenvalue weighted by molar-refractivity contribution is 8.00. The summed E-state index contributed by atoms with van der Waals surface area (Å²) < 4.78 is 0. The molecule has 3 aromatic rings. The fraction of sp³-hybridized carbons (Fsp3) is 0.0800. The summed E-state index contributed by atoms with van der Waals surface area (Å²) in [5.74, 6) is -0.989. The van der Waals surface area contributed by atoms with E-state index >= 15 is 0 Å². The number of hydrogen-bond acceptors (Lipinski definition) is 6. The predicted molar refractivity (Wildman–Crippen MR) is 130 cm³/mol. The van der Waals surface area contributed by atoms with Crippen LogP contribution in [0.5, 0.6) is 0 Å². The van der Waals surface area contributed by atoms with Crippen LogP contribution in [0, 0.1) is 10.1 Å². The minimum absolute atomic E-state index is 0.0310. The van der Waals surface area contributed by atoms with Crippen molar-refractivity contribution in [2.75, 3.05) is 10.2 Å². The molecule has 1 aliphatic heterocycles. The second-order valence-corrected chi connectivity index (χ2v) is 8.69. The minimum atomic E-state index is -0.600. The third-order valence-electron chi connectivity index (χ3n) is 5.05. The average molecular weight is 474 g/mol. The second-order valence-electron chi connectivity index (χ2n) is 7.41. The maximum Gasteiger partial charge on any atom is 0.269 e. The number of nitrogens with one attached hydrogen (secondary N) is 1. The molecule has 1 fully saturated rings. The van der Waals surface area contributed by atoms with Gasteiger partial charge in [0.25, 0.3) is 5.69 Å². The summed E-state index contributed by atoms with van der Waals surface area (Å²) in [6.07, 6.45) is 3.20. The number of hydrogen-bond donors (Lipinski definition) is 1. The van der Waals surface area contributed by atoms with Crippen LogP contribution < -0.4 is 10.2 Å². The molecule has 0 bridgehead atoms. The fourth-order valence-electron chi connectivity index (χ4n) is 3.39. The zero-order chi connectivity index (χ0) is 24.1. The Morgan fingerprint density at radius 1 is 1.00 bits per heavy atom. The maximum atomic E-state index is 12.8. The van der Waals surface area contributed by atoms with Gasteiger partial charge in [-0.2, -0.15) is 0 Å². The van der Waals surface area contributed by atoms with Crippen molar-refractivity contribution in [1.82, 2.24) is 0 Å². The van der Waals surface area contributed by atoms with Gasteiger partial charge in [0.2, 0.25) is 17.7 Å². The molecule has 0 spiro atoms. The first-order chi connectivity index (χ1) is 16.4. The van der Waals surface area contributed by atoms with Crippen LogP contribution in [0.2, 0.25) is 0 Å². The lowest BCUT2D eigenvalue weighted by molar-refractivity contribution is -0.384. The third kappa shape index (κ3) is 5.38. The molecule has 4 rings (SSSR count). The van der Waals surface area contributed by atoms with Crippen molar-refractivity contribution in [3.63, 3.8) is 0 Å². The lowest BCUT2D eigenvalue weighted by Crippen LogP contribution is -2.31. The number of thioether (sulfide) groups is 1. The number of anilines is 2. The first kappa shape index (κ1) is 22.9. The highest BCUT2D eigenvalue weighted by atomic mass is 32.2. The number of nitrogens with zero attached hydrogens (tertiary/aromatic N) is 2. The predicted octanol–water partition coefficient (Wildman–Crippen LogP) is 4.67. The minimum Gasteiger partial charge on any atom is -0.323 e. The zero-order valence-electron chi connectivity index (χ0n) is 17.8. The summed E-state index contributed by atoms with van der Waals surface area (Å²) in [5, 5.41) is 13.0. The quantitative estimate of drug-likeness (QED) is 0.231. The second kappa shape index (κ2) is 10.1. The van der Waals surface area contributed by atoms with E-state index in [1.807, 2.05) is 30.3 Å². The fourth-order valence-corrected chi connectivity index (χ4v) is 4.45. The molecule has 1 atom stereocenters. The van der Waals surface area contributed by atoms with E-state index in [2.05, 4.69) is 5.32 Å². The Kier molecular flexibility index (Phi) is 6.84. The van der Waals surface area contributed by atoms with Crippen molar-refractivity contribution in [2.24, 2.45) is 0 Å². The number of amides is 3. The summed E-state index contributed by atoms with van der Waals surface area (Å²) in [6, 6.07) is 21.8. The van der Waals surface area contributed by atoms with Crippen molar-refractivity contribution in [3.05, 3.63) is 101 Å². The largest absolute Gasteiger partial charge is 0.323 e. The third-order valence-corrected chi connectivity index (χ3v) is 6.25. The van der Waals surface area contributed by atoms with Gasteiger partial charge < -0.3 is 5.32 Å². The van der Waals surface area contributed by atoms with Crippen LogP contribution in [0.25, 0.3) is 6.08 Å². The molecule has 1 N–H and O–H groups in total. The number of benzene rings is 3. The smallest absolute Gasteiger partial charge is 0.269 e. The average Bonchev–Trinajstić information content (AvgIpc) is 3.12. The summed E-state index contributed by atoms with van der Waals surface area (Å²) in [5.41, 5.74) is 1.72. The van der Waals surface area contributed by atoms with Gasteiger partial charge in [0.1, 0.15) is 0 Å². The standard InChI is InChI=1S/C25H19N3O5S/c29-23(15-6-17-4-2-1-3-5-17)26-18-7-13-21(14-8-18)34-22-16-24(30)27(25(22)31)19-9-11-20(12-10-19)28(32)33/h1-15,22H,16H2,(H,26,29)/b15-6+. The molecule has 9 heteroatoms. The summed E-state index contributed by atoms with van der Waals surface area (Å²) in [6.45, 7) is 0. The SMILES string of the molecule is O=C(/C=C/c1ccccc1)Nc1ccc(SC2CC(=O)N(c3ccc([N+](=O)[O-])cc3)C2=O)cc1. The van der Waals surface area contributed by atoms with Crippen molar-refractivity contribution < 1.29 is 19.3 Å². The molecule has 0 saturated carbocycles. The molecule has 0 aromatic heterocycles. The van der Waals surface area contributed by atoms with Crippen molar-refractivity contribution in [3.8, 4) is 0 Å². The van der Waals surface area contributed by atoms with E-state index in [1.54, 1.807) is 30.3 Å². The van der Waals surface area contributed by atoms with Gasteiger partial charge >= 0.3 is 0 Å². The van der Waals surface area contributed by atoms with Crippen molar-refractivity contribution in [2.45, 2.75) is 16.6 Å². The molecule has 170 valence electrons. The molecule has 0 aliphatic carbocycles.